The number of carbonyl (C=O) groups is 1. The summed E-state index contributed by atoms with van der Waals surface area (Å²) >= 11 is 0. The molecule has 2 aromatic carbocycles. The van der Waals surface area contributed by atoms with Gasteiger partial charge in [0.05, 0.1) is 6.10 Å². The molecule has 0 radical (unpaired) electrons. The van der Waals surface area contributed by atoms with Gasteiger partial charge in [-0.3, -0.25) is 0 Å². The lowest BCUT2D eigenvalue weighted by Gasteiger charge is -2.21. The number of carbonyl (C=O) groups excluding carboxylic acids is 1. The summed E-state index contributed by atoms with van der Waals surface area (Å²) < 4.78 is 10.7. The second-order valence-corrected chi connectivity index (χ2v) is 7.51. The molecule has 0 spiro atoms. The molecule has 0 aliphatic carbocycles. The van der Waals surface area contributed by atoms with Gasteiger partial charge in [0.15, 0.2) is 0 Å². The van der Waals surface area contributed by atoms with E-state index in [0.29, 0.717) is 19.0 Å². The Balaban J connectivity index is 1.44. The zero-order chi connectivity index (χ0) is 19.3. The molecule has 2 N–H and O–H groups in total. The maximum Gasteiger partial charge on any atom is 0.407 e. The minimum Gasteiger partial charge on any atom is -0.491 e. The van der Waals surface area contributed by atoms with Gasteiger partial charge in [0.1, 0.15) is 24.5 Å². The molecule has 1 aliphatic heterocycles. The molecule has 2 aromatic rings. The molecule has 0 bridgehead atoms. The number of ether oxygens (including phenoxy) is 2. The fraction of sp³-hybridized carbons (Fsp3) is 0.409. The predicted molar refractivity (Wildman–Crippen MR) is 104 cm³/mol. The quantitative estimate of drug-likeness (QED) is 0.740. The van der Waals surface area contributed by atoms with E-state index in [1.165, 1.54) is 11.1 Å². The van der Waals surface area contributed by atoms with Crippen LogP contribution in [0.15, 0.2) is 48.5 Å². The standard InChI is InChI=1S/C22H27NO4/c1-16-6-8-17(9-7-16)4-3-5-20(24)18-10-12-19(13-11-18)26-14-22(2)15-27-21(25)23-22/h6-13,20,24H,3-5,14-15H2,1-2H3,(H,23,25)/t20?,22-/m1/s1. The zero-order valence-corrected chi connectivity index (χ0v) is 15.9. The van der Waals surface area contributed by atoms with E-state index in [0.717, 1.165) is 24.8 Å². The predicted octanol–water partition coefficient (Wildman–Crippen LogP) is 3.93. The summed E-state index contributed by atoms with van der Waals surface area (Å²) in [4.78, 5) is 11.2. The average Bonchev–Trinajstić information content (AvgIpc) is 3.01. The Hall–Kier alpha value is -2.53. The van der Waals surface area contributed by atoms with Crippen LogP contribution in [0.3, 0.4) is 0 Å². The van der Waals surface area contributed by atoms with E-state index in [9.17, 15) is 9.90 Å². The number of alkyl carbamates (subject to hydrolysis) is 1. The van der Waals surface area contributed by atoms with Gasteiger partial charge >= 0.3 is 6.09 Å². The first-order valence-corrected chi connectivity index (χ1v) is 9.35. The number of rotatable bonds is 8. The fourth-order valence-electron chi connectivity index (χ4n) is 3.07. The maximum atomic E-state index is 11.2. The van der Waals surface area contributed by atoms with Crippen molar-refractivity contribution in [1.29, 1.82) is 0 Å². The Labute approximate surface area is 160 Å². The van der Waals surface area contributed by atoms with Crippen molar-refractivity contribution in [3.05, 3.63) is 65.2 Å². The molecule has 1 amide bonds. The number of amides is 1. The van der Waals surface area contributed by atoms with E-state index < -0.39 is 17.7 Å². The van der Waals surface area contributed by atoms with Gasteiger partial charge in [-0.2, -0.15) is 0 Å². The second-order valence-electron chi connectivity index (χ2n) is 7.51. The number of hydrogen-bond acceptors (Lipinski definition) is 4. The van der Waals surface area contributed by atoms with Gasteiger partial charge in [-0.15, -0.1) is 0 Å². The third-order valence-corrected chi connectivity index (χ3v) is 4.81. The fourth-order valence-corrected chi connectivity index (χ4v) is 3.07. The Kier molecular flexibility index (Phi) is 6.01. The Morgan fingerprint density at radius 1 is 1.19 bits per heavy atom. The first-order valence-electron chi connectivity index (χ1n) is 9.35. The largest absolute Gasteiger partial charge is 0.491 e. The smallest absolute Gasteiger partial charge is 0.407 e. The Morgan fingerprint density at radius 2 is 1.89 bits per heavy atom. The molecule has 1 unspecified atom stereocenters. The van der Waals surface area contributed by atoms with Crippen LogP contribution in [0.4, 0.5) is 4.79 Å². The molecule has 1 heterocycles. The topological polar surface area (TPSA) is 67.8 Å². The molecular weight excluding hydrogens is 342 g/mol. The van der Waals surface area contributed by atoms with E-state index in [-0.39, 0.29) is 0 Å². The monoisotopic (exact) mass is 369 g/mol. The van der Waals surface area contributed by atoms with E-state index in [4.69, 9.17) is 9.47 Å². The van der Waals surface area contributed by atoms with Crippen LogP contribution < -0.4 is 10.1 Å². The lowest BCUT2D eigenvalue weighted by atomic mass is 10.0. The molecule has 144 valence electrons. The minimum atomic E-state index is -0.509. The molecule has 1 saturated heterocycles. The van der Waals surface area contributed by atoms with Crippen LogP contribution in [-0.2, 0) is 11.2 Å². The maximum absolute atomic E-state index is 11.2. The van der Waals surface area contributed by atoms with Gasteiger partial charge in [0.2, 0.25) is 0 Å². The summed E-state index contributed by atoms with van der Waals surface area (Å²) in [6.45, 7) is 4.59. The molecule has 1 fully saturated rings. The molecule has 0 saturated carbocycles. The molecule has 5 heteroatoms. The van der Waals surface area contributed by atoms with Gasteiger partial charge in [0, 0.05) is 0 Å². The van der Waals surface area contributed by atoms with Crippen LogP contribution in [0.5, 0.6) is 5.75 Å². The van der Waals surface area contributed by atoms with Gasteiger partial charge in [-0.1, -0.05) is 42.0 Å². The SMILES string of the molecule is Cc1ccc(CCCC(O)c2ccc(OC[C@]3(C)COC(=O)N3)cc2)cc1. The number of cyclic esters (lactones) is 1. The number of benzene rings is 2. The molecule has 3 rings (SSSR count). The summed E-state index contributed by atoms with van der Waals surface area (Å²) in [6.07, 6.45) is 1.72. The normalized spacial score (nSPS) is 20.0. The lowest BCUT2D eigenvalue weighted by molar-refractivity contribution is 0.160. The lowest BCUT2D eigenvalue weighted by Crippen LogP contribution is -2.45. The number of aliphatic hydroxyl groups excluding tert-OH is 1. The van der Waals surface area contributed by atoms with Crippen molar-refractivity contribution >= 4 is 6.09 Å². The summed E-state index contributed by atoms with van der Waals surface area (Å²) in [5.41, 5.74) is 2.94. The first kappa shape index (κ1) is 19.2. The van der Waals surface area contributed by atoms with Crippen molar-refractivity contribution in [3.8, 4) is 5.75 Å². The van der Waals surface area contributed by atoms with Gasteiger partial charge in [0.25, 0.3) is 0 Å². The molecule has 1 aliphatic rings. The number of hydrogen-bond donors (Lipinski definition) is 2. The average molecular weight is 369 g/mol. The van der Waals surface area contributed by atoms with Crippen LogP contribution in [0.1, 0.15) is 42.6 Å². The van der Waals surface area contributed by atoms with Gasteiger partial charge in [-0.05, 0) is 56.4 Å². The van der Waals surface area contributed by atoms with Crippen molar-refractivity contribution < 1.29 is 19.4 Å². The van der Waals surface area contributed by atoms with Gasteiger partial charge in [-0.25, -0.2) is 4.79 Å². The molecule has 5 nitrogen and oxygen atoms in total. The van der Waals surface area contributed by atoms with E-state index in [2.05, 4.69) is 36.5 Å². The molecule has 2 atom stereocenters. The number of nitrogens with one attached hydrogen (secondary N) is 1. The summed E-state index contributed by atoms with van der Waals surface area (Å²) in [6, 6.07) is 16.0. The van der Waals surface area contributed by atoms with Crippen molar-refractivity contribution in [3.63, 3.8) is 0 Å². The van der Waals surface area contributed by atoms with Crippen molar-refractivity contribution in [2.24, 2.45) is 0 Å². The van der Waals surface area contributed by atoms with Crippen LogP contribution in [0.25, 0.3) is 0 Å². The number of aryl methyl sites for hydroxylation is 2. The van der Waals surface area contributed by atoms with Crippen LogP contribution in [0.2, 0.25) is 0 Å². The van der Waals surface area contributed by atoms with E-state index >= 15 is 0 Å². The highest BCUT2D eigenvalue weighted by molar-refractivity contribution is 5.70. The number of aliphatic hydroxyl groups is 1. The summed E-state index contributed by atoms with van der Waals surface area (Å²) in [7, 11) is 0. The molecular formula is C22H27NO4. The highest BCUT2D eigenvalue weighted by atomic mass is 16.6. The second kappa shape index (κ2) is 8.44. The minimum absolute atomic E-state index is 0.295. The van der Waals surface area contributed by atoms with Crippen LogP contribution in [0, 0.1) is 6.92 Å². The first-order chi connectivity index (χ1) is 12.9. The van der Waals surface area contributed by atoms with Crippen molar-refractivity contribution in [2.75, 3.05) is 13.2 Å². The molecule has 0 aromatic heterocycles. The summed E-state index contributed by atoms with van der Waals surface area (Å²) in [5, 5.41) is 13.1. The molecule has 27 heavy (non-hydrogen) atoms. The zero-order valence-electron chi connectivity index (χ0n) is 15.9. The van der Waals surface area contributed by atoms with Crippen LogP contribution in [-0.4, -0.2) is 30.0 Å². The van der Waals surface area contributed by atoms with E-state index in [1.807, 2.05) is 31.2 Å². The van der Waals surface area contributed by atoms with Gasteiger partial charge < -0.3 is 19.9 Å². The van der Waals surface area contributed by atoms with E-state index in [1.54, 1.807) is 0 Å². The van der Waals surface area contributed by atoms with Crippen molar-refractivity contribution in [1.82, 2.24) is 5.32 Å². The third-order valence-electron chi connectivity index (χ3n) is 4.81. The Bertz CT molecular complexity index is 757. The highest BCUT2D eigenvalue weighted by Crippen LogP contribution is 2.23. The van der Waals surface area contributed by atoms with Crippen molar-refractivity contribution in [2.45, 2.75) is 44.8 Å². The Morgan fingerprint density at radius 3 is 2.52 bits per heavy atom. The van der Waals surface area contributed by atoms with Crippen LogP contribution >= 0.6 is 0 Å². The summed E-state index contributed by atoms with van der Waals surface area (Å²) in [5.74, 6) is 0.702. The highest BCUT2D eigenvalue weighted by Gasteiger charge is 2.35. The third kappa shape index (κ3) is 5.47.